The summed E-state index contributed by atoms with van der Waals surface area (Å²) in [5, 5.41) is 7.11. The molecule has 2 heteroatoms. The summed E-state index contributed by atoms with van der Waals surface area (Å²) < 4.78 is 0. The number of hydrogen-bond donors (Lipinski definition) is 2. The summed E-state index contributed by atoms with van der Waals surface area (Å²) >= 11 is 0. The van der Waals surface area contributed by atoms with Gasteiger partial charge >= 0.3 is 0 Å². The molecule has 2 aliphatic rings. The first kappa shape index (κ1) is 8.52. The van der Waals surface area contributed by atoms with E-state index in [0.717, 1.165) is 18.0 Å². The molecule has 2 fully saturated rings. The van der Waals surface area contributed by atoms with Gasteiger partial charge in [-0.3, -0.25) is 0 Å². The second-order valence-corrected chi connectivity index (χ2v) is 4.19. The highest BCUT2D eigenvalue weighted by atomic mass is 15.0. The monoisotopic (exact) mass is 168 g/mol. The summed E-state index contributed by atoms with van der Waals surface area (Å²) in [6, 6.07) is 1.61. The maximum absolute atomic E-state index is 3.65. The minimum absolute atomic E-state index is 0.788. The maximum Gasteiger partial charge on any atom is 0.0119 e. The number of fused-ring (bicyclic) bond motifs is 1. The molecule has 0 aromatic carbocycles. The lowest BCUT2D eigenvalue weighted by Crippen LogP contribution is -2.53. The van der Waals surface area contributed by atoms with Crippen LogP contribution in [0.1, 0.15) is 32.1 Å². The van der Waals surface area contributed by atoms with Gasteiger partial charge in [-0.15, -0.1) is 0 Å². The van der Waals surface area contributed by atoms with E-state index in [9.17, 15) is 0 Å². The van der Waals surface area contributed by atoms with E-state index in [1.54, 1.807) is 0 Å². The molecule has 2 rings (SSSR count). The number of piperidine rings is 1. The fourth-order valence-corrected chi connectivity index (χ4v) is 2.89. The second-order valence-electron chi connectivity index (χ2n) is 4.19. The molecule has 0 radical (unpaired) electrons. The average molecular weight is 168 g/mol. The lowest BCUT2D eigenvalue weighted by molar-refractivity contribution is 0.167. The third-order valence-corrected chi connectivity index (χ3v) is 3.57. The molecule has 12 heavy (non-hydrogen) atoms. The summed E-state index contributed by atoms with van der Waals surface area (Å²) in [5.41, 5.74) is 0. The molecule has 0 unspecified atom stereocenters. The van der Waals surface area contributed by atoms with Crippen LogP contribution < -0.4 is 10.6 Å². The predicted molar refractivity (Wildman–Crippen MR) is 51.2 cm³/mol. The van der Waals surface area contributed by atoms with Gasteiger partial charge in [0.05, 0.1) is 0 Å². The Hall–Kier alpha value is -0.0800. The zero-order valence-corrected chi connectivity index (χ0v) is 7.97. The molecular weight excluding hydrogens is 148 g/mol. The van der Waals surface area contributed by atoms with Crippen molar-refractivity contribution in [1.29, 1.82) is 0 Å². The number of rotatable bonds is 1. The van der Waals surface area contributed by atoms with E-state index in [1.807, 2.05) is 0 Å². The minimum atomic E-state index is 0.788. The second kappa shape index (κ2) is 3.75. The van der Waals surface area contributed by atoms with Crippen LogP contribution in [-0.4, -0.2) is 25.7 Å². The predicted octanol–water partition coefficient (Wildman–Crippen LogP) is 1.13. The summed E-state index contributed by atoms with van der Waals surface area (Å²) in [6.07, 6.45) is 7.04. The highest BCUT2D eigenvalue weighted by Crippen LogP contribution is 2.30. The number of nitrogens with one attached hydrogen (secondary N) is 2. The van der Waals surface area contributed by atoms with Crippen LogP contribution in [0.4, 0.5) is 0 Å². The topological polar surface area (TPSA) is 24.1 Å². The normalized spacial score (nSPS) is 42.2. The lowest BCUT2D eigenvalue weighted by atomic mass is 9.76. The SMILES string of the molecule is CN[C@@H]1CCN[C@H]2CCCC[C@@H]21. The van der Waals surface area contributed by atoms with Gasteiger partial charge in [0.2, 0.25) is 0 Å². The van der Waals surface area contributed by atoms with Crippen molar-refractivity contribution in [3.05, 3.63) is 0 Å². The van der Waals surface area contributed by atoms with Gasteiger partial charge in [0, 0.05) is 12.1 Å². The van der Waals surface area contributed by atoms with Crippen LogP contribution in [-0.2, 0) is 0 Å². The molecule has 0 bridgehead atoms. The maximum atomic E-state index is 3.65. The van der Waals surface area contributed by atoms with Crippen molar-refractivity contribution in [3.63, 3.8) is 0 Å². The van der Waals surface area contributed by atoms with Crippen LogP contribution in [0.5, 0.6) is 0 Å². The van der Waals surface area contributed by atoms with Gasteiger partial charge in [-0.05, 0) is 38.8 Å². The van der Waals surface area contributed by atoms with Crippen LogP contribution in [0.2, 0.25) is 0 Å². The Morgan fingerprint density at radius 2 is 2.00 bits per heavy atom. The molecule has 0 aromatic rings. The van der Waals surface area contributed by atoms with Crippen molar-refractivity contribution in [3.8, 4) is 0 Å². The molecule has 0 amide bonds. The van der Waals surface area contributed by atoms with Gasteiger partial charge < -0.3 is 10.6 Å². The van der Waals surface area contributed by atoms with E-state index in [0.29, 0.717) is 0 Å². The fourth-order valence-electron chi connectivity index (χ4n) is 2.89. The largest absolute Gasteiger partial charge is 0.317 e. The Bertz CT molecular complexity index is 138. The summed E-state index contributed by atoms with van der Waals surface area (Å²) in [6.45, 7) is 1.21. The molecule has 0 spiro atoms. The van der Waals surface area contributed by atoms with Crippen LogP contribution in [0, 0.1) is 5.92 Å². The Balaban J connectivity index is 1.99. The van der Waals surface area contributed by atoms with E-state index in [4.69, 9.17) is 0 Å². The molecular formula is C10H20N2. The van der Waals surface area contributed by atoms with E-state index in [-0.39, 0.29) is 0 Å². The molecule has 1 saturated heterocycles. The lowest BCUT2D eigenvalue weighted by Gasteiger charge is -2.41. The van der Waals surface area contributed by atoms with Crippen LogP contribution in [0.15, 0.2) is 0 Å². The molecule has 70 valence electrons. The summed E-state index contributed by atoms with van der Waals surface area (Å²) in [5.74, 6) is 0.914. The molecule has 2 nitrogen and oxygen atoms in total. The molecule has 0 aromatic heterocycles. The zero-order valence-electron chi connectivity index (χ0n) is 7.97. The minimum Gasteiger partial charge on any atom is -0.317 e. The third kappa shape index (κ3) is 1.50. The standard InChI is InChI=1S/C10H20N2/c1-11-9-6-7-12-10-5-3-2-4-8(9)10/h8-12H,2-7H2,1H3/t8-,9-,10+/m1/s1. The van der Waals surface area contributed by atoms with Gasteiger partial charge in [-0.1, -0.05) is 12.8 Å². The first-order valence-corrected chi connectivity index (χ1v) is 5.32. The van der Waals surface area contributed by atoms with Gasteiger partial charge in [0.1, 0.15) is 0 Å². The first-order chi connectivity index (χ1) is 5.92. The van der Waals surface area contributed by atoms with Crippen molar-refractivity contribution in [2.24, 2.45) is 5.92 Å². The zero-order chi connectivity index (χ0) is 8.39. The fraction of sp³-hybridized carbons (Fsp3) is 1.00. The van der Waals surface area contributed by atoms with E-state index < -0.39 is 0 Å². The Morgan fingerprint density at radius 3 is 2.83 bits per heavy atom. The number of hydrogen-bond acceptors (Lipinski definition) is 2. The van der Waals surface area contributed by atoms with Gasteiger partial charge in [-0.25, -0.2) is 0 Å². The highest BCUT2D eigenvalue weighted by molar-refractivity contribution is 4.92. The summed E-state index contributed by atoms with van der Waals surface area (Å²) in [7, 11) is 2.11. The van der Waals surface area contributed by atoms with Crippen molar-refractivity contribution in [2.45, 2.75) is 44.2 Å². The first-order valence-electron chi connectivity index (χ1n) is 5.32. The van der Waals surface area contributed by atoms with Gasteiger partial charge in [0.15, 0.2) is 0 Å². The quantitative estimate of drug-likeness (QED) is 0.613. The van der Waals surface area contributed by atoms with E-state index in [2.05, 4.69) is 17.7 Å². The molecule has 1 aliphatic carbocycles. The average Bonchev–Trinajstić information content (AvgIpc) is 2.17. The molecule has 2 N–H and O–H groups in total. The molecule has 1 heterocycles. The van der Waals surface area contributed by atoms with Crippen LogP contribution >= 0.6 is 0 Å². The smallest absolute Gasteiger partial charge is 0.0119 e. The Morgan fingerprint density at radius 1 is 1.17 bits per heavy atom. The van der Waals surface area contributed by atoms with Crippen molar-refractivity contribution in [2.75, 3.05) is 13.6 Å². The summed E-state index contributed by atoms with van der Waals surface area (Å²) in [4.78, 5) is 0. The van der Waals surface area contributed by atoms with Gasteiger partial charge in [-0.2, -0.15) is 0 Å². The third-order valence-electron chi connectivity index (χ3n) is 3.57. The van der Waals surface area contributed by atoms with E-state index in [1.165, 1.54) is 38.6 Å². The Kier molecular flexibility index (Phi) is 2.66. The van der Waals surface area contributed by atoms with E-state index >= 15 is 0 Å². The van der Waals surface area contributed by atoms with Crippen molar-refractivity contribution in [1.82, 2.24) is 10.6 Å². The van der Waals surface area contributed by atoms with Crippen molar-refractivity contribution < 1.29 is 0 Å². The Labute approximate surface area is 75.1 Å². The molecule has 3 atom stereocenters. The van der Waals surface area contributed by atoms with Crippen molar-refractivity contribution >= 4 is 0 Å². The molecule has 1 aliphatic heterocycles. The van der Waals surface area contributed by atoms with Gasteiger partial charge in [0.25, 0.3) is 0 Å². The van der Waals surface area contributed by atoms with Crippen LogP contribution in [0.3, 0.4) is 0 Å². The highest BCUT2D eigenvalue weighted by Gasteiger charge is 2.33. The van der Waals surface area contributed by atoms with Crippen LogP contribution in [0.25, 0.3) is 0 Å². The molecule has 1 saturated carbocycles.